The van der Waals surface area contributed by atoms with Crippen LogP contribution in [0.5, 0.6) is 0 Å². The second kappa shape index (κ2) is 5.34. The summed E-state index contributed by atoms with van der Waals surface area (Å²) in [6.07, 6.45) is 3.47. The van der Waals surface area contributed by atoms with Crippen LogP contribution in [0, 0.1) is 5.92 Å². The third-order valence-corrected chi connectivity index (χ3v) is 5.28. The van der Waals surface area contributed by atoms with Crippen LogP contribution in [0.4, 0.5) is 0 Å². The van der Waals surface area contributed by atoms with Gasteiger partial charge in [0.25, 0.3) is 5.91 Å². The van der Waals surface area contributed by atoms with E-state index in [2.05, 4.69) is 5.32 Å². The fourth-order valence-corrected chi connectivity index (χ4v) is 3.84. The fraction of sp³-hybridized carbons (Fsp3) is 0.556. The zero-order chi connectivity index (χ0) is 16.0. The number of carbonyl (C=O) groups excluding carboxylic acids is 2. The van der Waals surface area contributed by atoms with Crippen molar-refractivity contribution in [2.75, 3.05) is 13.1 Å². The molecule has 0 radical (unpaired) electrons. The first-order valence-electron chi connectivity index (χ1n) is 8.42. The molecule has 0 aromatic heterocycles. The molecule has 1 saturated carbocycles. The molecule has 1 atom stereocenters. The highest BCUT2D eigenvalue weighted by molar-refractivity contribution is 5.87. The Balaban J connectivity index is 1.33. The molecule has 2 fully saturated rings. The lowest BCUT2D eigenvalue weighted by atomic mass is 9.99. The molecule has 2 aliphatic carbocycles. The van der Waals surface area contributed by atoms with Gasteiger partial charge in [-0.1, -0.05) is 24.3 Å². The van der Waals surface area contributed by atoms with Crippen molar-refractivity contribution >= 4 is 11.8 Å². The van der Waals surface area contributed by atoms with Crippen molar-refractivity contribution in [2.45, 2.75) is 43.7 Å². The summed E-state index contributed by atoms with van der Waals surface area (Å²) >= 11 is 0. The zero-order valence-corrected chi connectivity index (χ0v) is 13.1. The molecule has 1 aromatic rings. The Morgan fingerprint density at radius 2 is 1.91 bits per heavy atom. The van der Waals surface area contributed by atoms with Crippen LogP contribution in [0.3, 0.4) is 0 Å². The van der Waals surface area contributed by atoms with Crippen LogP contribution in [-0.2, 0) is 22.4 Å². The number of fused-ring (bicyclic) bond motifs is 1. The molecule has 4 rings (SSSR count). The fourth-order valence-electron chi connectivity index (χ4n) is 3.84. The van der Waals surface area contributed by atoms with E-state index in [1.807, 2.05) is 29.2 Å². The van der Waals surface area contributed by atoms with E-state index in [0.29, 0.717) is 31.8 Å². The van der Waals surface area contributed by atoms with E-state index in [0.717, 1.165) is 30.5 Å². The van der Waals surface area contributed by atoms with Crippen LogP contribution in [0.15, 0.2) is 24.3 Å². The van der Waals surface area contributed by atoms with E-state index >= 15 is 0 Å². The van der Waals surface area contributed by atoms with Gasteiger partial charge in [0.15, 0.2) is 5.60 Å². The quantitative estimate of drug-likeness (QED) is 0.857. The van der Waals surface area contributed by atoms with Crippen LogP contribution < -0.4 is 5.32 Å². The monoisotopic (exact) mass is 314 g/mol. The van der Waals surface area contributed by atoms with Gasteiger partial charge in [-0.25, -0.2) is 0 Å². The number of benzene rings is 1. The van der Waals surface area contributed by atoms with E-state index in [1.165, 1.54) is 0 Å². The molecule has 2 amide bonds. The van der Waals surface area contributed by atoms with Gasteiger partial charge in [0.1, 0.15) is 0 Å². The summed E-state index contributed by atoms with van der Waals surface area (Å²) < 4.78 is 0. The maximum atomic E-state index is 12.4. The summed E-state index contributed by atoms with van der Waals surface area (Å²) in [7, 11) is 0. The molecule has 23 heavy (non-hydrogen) atoms. The molecule has 1 heterocycles. The summed E-state index contributed by atoms with van der Waals surface area (Å²) in [4.78, 5) is 26.3. The Kier molecular flexibility index (Phi) is 3.41. The number of nitrogens with one attached hydrogen (secondary N) is 1. The van der Waals surface area contributed by atoms with Crippen LogP contribution in [0.2, 0.25) is 0 Å². The van der Waals surface area contributed by atoms with Gasteiger partial charge in [0.2, 0.25) is 5.91 Å². The normalized spacial score (nSPS) is 25.5. The van der Waals surface area contributed by atoms with Crippen molar-refractivity contribution in [3.63, 3.8) is 0 Å². The van der Waals surface area contributed by atoms with Gasteiger partial charge in [0.05, 0.1) is 0 Å². The number of carbonyl (C=O) groups is 2. The van der Waals surface area contributed by atoms with E-state index in [-0.39, 0.29) is 17.7 Å². The molecule has 122 valence electrons. The average Bonchev–Trinajstić information content (AvgIpc) is 3.21. The van der Waals surface area contributed by atoms with Crippen molar-refractivity contribution in [1.29, 1.82) is 0 Å². The van der Waals surface area contributed by atoms with Crippen LogP contribution in [0.1, 0.15) is 30.4 Å². The van der Waals surface area contributed by atoms with Crippen molar-refractivity contribution < 1.29 is 14.7 Å². The standard InChI is InChI=1S/C18H22N2O3/c21-16-7-12(11-20(16)15-5-6-15)10-19-17(22)18(23)8-13-3-1-2-4-14(13)9-18/h1-4,12,15,23H,5-11H2,(H,19,22). The average molecular weight is 314 g/mol. The zero-order valence-electron chi connectivity index (χ0n) is 13.1. The Morgan fingerprint density at radius 1 is 1.26 bits per heavy atom. The number of rotatable bonds is 4. The number of nitrogens with zero attached hydrogens (tertiary/aromatic N) is 1. The molecule has 1 unspecified atom stereocenters. The molecule has 5 nitrogen and oxygen atoms in total. The van der Waals surface area contributed by atoms with Gasteiger partial charge in [-0.05, 0) is 24.0 Å². The topological polar surface area (TPSA) is 69.6 Å². The minimum Gasteiger partial charge on any atom is -0.379 e. The predicted molar refractivity (Wildman–Crippen MR) is 84.7 cm³/mol. The van der Waals surface area contributed by atoms with Gasteiger partial charge in [-0.2, -0.15) is 0 Å². The second-order valence-corrected chi connectivity index (χ2v) is 7.21. The first-order valence-corrected chi connectivity index (χ1v) is 8.42. The minimum absolute atomic E-state index is 0.166. The molecule has 2 N–H and O–H groups in total. The van der Waals surface area contributed by atoms with Crippen LogP contribution in [-0.4, -0.2) is 46.6 Å². The molecule has 0 spiro atoms. The summed E-state index contributed by atoms with van der Waals surface area (Å²) in [5, 5.41) is 13.5. The summed E-state index contributed by atoms with van der Waals surface area (Å²) in [6, 6.07) is 8.22. The number of amides is 2. The molecule has 3 aliphatic rings. The van der Waals surface area contributed by atoms with Crippen LogP contribution in [0.25, 0.3) is 0 Å². The molecule has 1 aliphatic heterocycles. The maximum Gasteiger partial charge on any atom is 0.252 e. The first kappa shape index (κ1) is 14.7. The van der Waals surface area contributed by atoms with E-state index in [9.17, 15) is 14.7 Å². The van der Waals surface area contributed by atoms with E-state index < -0.39 is 5.60 Å². The largest absolute Gasteiger partial charge is 0.379 e. The molecular weight excluding hydrogens is 292 g/mol. The van der Waals surface area contributed by atoms with Gasteiger partial charge < -0.3 is 15.3 Å². The third kappa shape index (κ3) is 2.74. The van der Waals surface area contributed by atoms with Crippen molar-refractivity contribution in [2.24, 2.45) is 5.92 Å². The van der Waals surface area contributed by atoms with Crippen LogP contribution >= 0.6 is 0 Å². The molecule has 5 heteroatoms. The van der Waals surface area contributed by atoms with Gasteiger partial charge in [0, 0.05) is 44.3 Å². The molecule has 1 saturated heterocycles. The Hall–Kier alpha value is -1.88. The number of aliphatic hydroxyl groups is 1. The highest BCUT2D eigenvalue weighted by Gasteiger charge is 2.43. The number of hydrogen-bond acceptors (Lipinski definition) is 3. The summed E-state index contributed by atoms with van der Waals surface area (Å²) in [6.45, 7) is 1.20. The maximum absolute atomic E-state index is 12.4. The lowest BCUT2D eigenvalue weighted by Gasteiger charge is -2.22. The highest BCUT2D eigenvalue weighted by atomic mass is 16.3. The SMILES string of the molecule is O=C1CC(CNC(=O)C2(O)Cc3ccccc3C2)CN1C1CC1. The smallest absolute Gasteiger partial charge is 0.252 e. The summed E-state index contributed by atoms with van der Waals surface area (Å²) in [5.41, 5.74) is 0.741. The second-order valence-electron chi connectivity index (χ2n) is 7.21. The molecule has 1 aromatic carbocycles. The Labute approximate surface area is 135 Å². The molecular formula is C18H22N2O3. The van der Waals surface area contributed by atoms with Gasteiger partial charge >= 0.3 is 0 Å². The number of likely N-dealkylation sites (tertiary alicyclic amines) is 1. The Morgan fingerprint density at radius 3 is 2.52 bits per heavy atom. The predicted octanol–water partition coefficient (Wildman–Crippen LogP) is 0.643. The molecule has 0 bridgehead atoms. The van der Waals surface area contributed by atoms with E-state index in [4.69, 9.17) is 0 Å². The first-order chi connectivity index (χ1) is 11.0. The third-order valence-electron chi connectivity index (χ3n) is 5.28. The lowest BCUT2D eigenvalue weighted by Crippen LogP contribution is -2.49. The lowest BCUT2D eigenvalue weighted by molar-refractivity contribution is -0.139. The summed E-state index contributed by atoms with van der Waals surface area (Å²) in [5.74, 6) is 0.0594. The Bertz CT molecular complexity index is 628. The van der Waals surface area contributed by atoms with Gasteiger partial charge in [-0.15, -0.1) is 0 Å². The number of hydrogen-bond donors (Lipinski definition) is 2. The van der Waals surface area contributed by atoms with Crippen molar-refractivity contribution in [3.05, 3.63) is 35.4 Å². The van der Waals surface area contributed by atoms with Gasteiger partial charge in [-0.3, -0.25) is 9.59 Å². The highest BCUT2D eigenvalue weighted by Crippen LogP contribution is 2.33. The minimum atomic E-state index is -1.34. The van der Waals surface area contributed by atoms with Crippen molar-refractivity contribution in [1.82, 2.24) is 10.2 Å². The van der Waals surface area contributed by atoms with Crippen molar-refractivity contribution in [3.8, 4) is 0 Å². The van der Waals surface area contributed by atoms with E-state index in [1.54, 1.807) is 0 Å².